The van der Waals surface area contributed by atoms with Crippen LogP contribution in [0.1, 0.15) is 22.9 Å². The molecule has 1 atom stereocenters. The molecule has 0 saturated carbocycles. The van der Waals surface area contributed by atoms with Crippen molar-refractivity contribution in [1.82, 2.24) is 0 Å². The van der Waals surface area contributed by atoms with Crippen LogP contribution < -0.4 is 0 Å². The molecule has 102 valence electrons. The van der Waals surface area contributed by atoms with Crippen molar-refractivity contribution in [2.75, 3.05) is 0 Å². The number of benzene rings is 3. The van der Waals surface area contributed by atoms with Crippen molar-refractivity contribution >= 4 is 10.8 Å². The zero-order valence-corrected chi connectivity index (χ0v) is 11.5. The molecule has 0 aliphatic rings. The van der Waals surface area contributed by atoms with Crippen LogP contribution in [0, 0.1) is 11.3 Å². The Kier molecular flexibility index (Phi) is 3.66. The highest BCUT2D eigenvalue weighted by molar-refractivity contribution is 5.83. The molecule has 1 nitrogen and oxygen atoms in total. The van der Waals surface area contributed by atoms with E-state index in [1.807, 2.05) is 54.6 Å². The quantitative estimate of drug-likeness (QED) is 0.662. The first-order chi connectivity index (χ1) is 10.3. The van der Waals surface area contributed by atoms with Crippen LogP contribution in [0.15, 0.2) is 66.7 Å². The maximum atomic E-state index is 14.5. The van der Waals surface area contributed by atoms with Crippen LogP contribution in [-0.2, 0) is 6.42 Å². The number of fused-ring (bicyclic) bond motifs is 1. The van der Waals surface area contributed by atoms with Gasteiger partial charge < -0.3 is 0 Å². The molecule has 2 heteroatoms. The Labute approximate surface area is 123 Å². The molecule has 0 amide bonds. The highest BCUT2D eigenvalue weighted by atomic mass is 19.1. The van der Waals surface area contributed by atoms with Crippen LogP contribution in [-0.4, -0.2) is 0 Å². The van der Waals surface area contributed by atoms with Crippen LogP contribution in [0.4, 0.5) is 4.39 Å². The summed E-state index contributed by atoms with van der Waals surface area (Å²) in [5, 5.41) is 10.9. The second-order valence-corrected chi connectivity index (χ2v) is 5.09. The van der Waals surface area contributed by atoms with Crippen LogP contribution in [0.3, 0.4) is 0 Å². The molecule has 3 rings (SSSR count). The lowest BCUT2D eigenvalue weighted by atomic mass is 9.99. The lowest BCUT2D eigenvalue weighted by Crippen LogP contribution is -1.97. The Balaban J connectivity index is 1.82. The summed E-state index contributed by atoms with van der Waals surface area (Å²) in [4.78, 5) is 0. The third kappa shape index (κ3) is 2.93. The van der Waals surface area contributed by atoms with Crippen molar-refractivity contribution in [2.24, 2.45) is 0 Å². The minimum atomic E-state index is -1.04. The van der Waals surface area contributed by atoms with E-state index >= 15 is 0 Å². The van der Waals surface area contributed by atoms with E-state index in [4.69, 9.17) is 5.26 Å². The van der Waals surface area contributed by atoms with E-state index in [1.165, 1.54) is 0 Å². The molecule has 0 fully saturated rings. The van der Waals surface area contributed by atoms with Gasteiger partial charge in [0.15, 0.2) is 0 Å². The van der Waals surface area contributed by atoms with Gasteiger partial charge >= 0.3 is 0 Å². The van der Waals surface area contributed by atoms with Crippen LogP contribution >= 0.6 is 0 Å². The predicted molar refractivity (Wildman–Crippen MR) is 82.7 cm³/mol. The van der Waals surface area contributed by atoms with Gasteiger partial charge in [0.25, 0.3) is 0 Å². The summed E-state index contributed by atoms with van der Waals surface area (Å²) >= 11 is 0. The maximum absolute atomic E-state index is 14.5. The fourth-order valence-corrected chi connectivity index (χ4v) is 2.44. The molecule has 0 aromatic heterocycles. The number of alkyl halides is 1. The SMILES string of the molecule is N#Cc1ccc(CC(F)c2ccc3ccccc3c2)cc1. The van der Waals surface area contributed by atoms with Gasteiger partial charge in [-0.2, -0.15) is 5.26 Å². The van der Waals surface area contributed by atoms with E-state index < -0.39 is 6.17 Å². The Bertz CT molecular complexity index is 800. The highest BCUT2D eigenvalue weighted by Crippen LogP contribution is 2.26. The molecule has 0 radical (unpaired) electrons. The first-order valence-corrected chi connectivity index (χ1v) is 6.88. The molecule has 3 aromatic carbocycles. The molecular formula is C19H14FN. The molecule has 0 spiro atoms. The van der Waals surface area contributed by atoms with Gasteiger partial charge in [-0.25, -0.2) is 4.39 Å². The van der Waals surface area contributed by atoms with Crippen molar-refractivity contribution in [3.63, 3.8) is 0 Å². The molecule has 0 aliphatic carbocycles. The largest absolute Gasteiger partial charge is 0.242 e. The standard InChI is InChI=1S/C19H14FN/c20-19(11-14-5-7-15(13-21)8-6-14)18-10-9-16-3-1-2-4-17(16)12-18/h1-10,12,19H,11H2. The Morgan fingerprint density at radius 1 is 0.905 bits per heavy atom. The van der Waals surface area contributed by atoms with Gasteiger partial charge in [0.2, 0.25) is 0 Å². The van der Waals surface area contributed by atoms with Gasteiger partial charge in [-0.1, -0.05) is 48.5 Å². The number of nitriles is 1. The number of hydrogen-bond acceptors (Lipinski definition) is 1. The van der Waals surface area contributed by atoms with E-state index in [0.717, 1.165) is 16.3 Å². The number of halogens is 1. The number of rotatable bonds is 3. The van der Waals surface area contributed by atoms with Crippen molar-refractivity contribution in [2.45, 2.75) is 12.6 Å². The predicted octanol–water partition coefficient (Wildman–Crippen LogP) is 4.96. The summed E-state index contributed by atoms with van der Waals surface area (Å²) < 4.78 is 14.5. The average molecular weight is 275 g/mol. The van der Waals surface area contributed by atoms with Crippen molar-refractivity contribution < 1.29 is 4.39 Å². The van der Waals surface area contributed by atoms with E-state index in [1.54, 1.807) is 12.1 Å². The summed E-state index contributed by atoms with van der Waals surface area (Å²) in [7, 11) is 0. The third-order valence-corrected chi connectivity index (χ3v) is 3.63. The average Bonchev–Trinajstić information content (AvgIpc) is 2.55. The second-order valence-electron chi connectivity index (χ2n) is 5.09. The zero-order chi connectivity index (χ0) is 14.7. The normalized spacial score (nSPS) is 12.0. The molecule has 0 aliphatic heterocycles. The van der Waals surface area contributed by atoms with Gasteiger partial charge in [-0.15, -0.1) is 0 Å². The van der Waals surface area contributed by atoms with Gasteiger partial charge in [-0.05, 0) is 40.1 Å². The molecule has 21 heavy (non-hydrogen) atoms. The minimum absolute atomic E-state index is 0.323. The zero-order valence-electron chi connectivity index (χ0n) is 11.5. The summed E-state index contributed by atoms with van der Waals surface area (Å²) in [6.45, 7) is 0. The monoisotopic (exact) mass is 275 g/mol. The summed E-state index contributed by atoms with van der Waals surface area (Å²) in [6.07, 6.45) is -0.716. The third-order valence-electron chi connectivity index (χ3n) is 3.63. The van der Waals surface area contributed by atoms with Crippen LogP contribution in [0.2, 0.25) is 0 Å². The van der Waals surface area contributed by atoms with Crippen LogP contribution in [0.25, 0.3) is 10.8 Å². The molecular weight excluding hydrogens is 261 g/mol. The highest BCUT2D eigenvalue weighted by Gasteiger charge is 2.11. The Morgan fingerprint density at radius 2 is 1.62 bits per heavy atom. The molecule has 0 saturated heterocycles. The molecule has 3 aromatic rings. The topological polar surface area (TPSA) is 23.8 Å². The summed E-state index contributed by atoms with van der Waals surface area (Å²) in [5.41, 5.74) is 2.19. The maximum Gasteiger partial charge on any atom is 0.129 e. The molecule has 0 N–H and O–H groups in total. The van der Waals surface area contributed by atoms with E-state index in [-0.39, 0.29) is 0 Å². The van der Waals surface area contributed by atoms with Crippen molar-refractivity contribution in [3.05, 3.63) is 83.4 Å². The molecule has 0 heterocycles. The number of hydrogen-bond donors (Lipinski definition) is 0. The summed E-state index contributed by atoms with van der Waals surface area (Å²) in [6, 6.07) is 22.8. The fraction of sp³-hybridized carbons (Fsp3) is 0.105. The van der Waals surface area contributed by atoms with E-state index in [2.05, 4.69) is 6.07 Å². The van der Waals surface area contributed by atoms with E-state index in [9.17, 15) is 4.39 Å². The number of nitrogens with zero attached hydrogens (tertiary/aromatic N) is 1. The van der Waals surface area contributed by atoms with Crippen molar-refractivity contribution in [1.29, 1.82) is 5.26 Å². The lowest BCUT2D eigenvalue weighted by Gasteiger charge is -2.10. The van der Waals surface area contributed by atoms with Gasteiger partial charge in [0.05, 0.1) is 11.6 Å². The van der Waals surface area contributed by atoms with Crippen LogP contribution in [0.5, 0.6) is 0 Å². The first kappa shape index (κ1) is 13.3. The van der Waals surface area contributed by atoms with Gasteiger partial charge in [0, 0.05) is 6.42 Å². The summed E-state index contributed by atoms with van der Waals surface area (Å²) in [5.74, 6) is 0. The van der Waals surface area contributed by atoms with Gasteiger partial charge in [-0.3, -0.25) is 0 Å². The lowest BCUT2D eigenvalue weighted by molar-refractivity contribution is 0.342. The smallest absolute Gasteiger partial charge is 0.129 e. The Morgan fingerprint density at radius 3 is 2.33 bits per heavy atom. The fourth-order valence-electron chi connectivity index (χ4n) is 2.44. The van der Waals surface area contributed by atoms with Gasteiger partial charge in [0.1, 0.15) is 6.17 Å². The minimum Gasteiger partial charge on any atom is -0.242 e. The Hall–Kier alpha value is -2.66. The molecule has 0 bridgehead atoms. The van der Waals surface area contributed by atoms with Crippen molar-refractivity contribution in [3.8, 4) is 6.07 Å². The first-order valence-electron chi connectivity index (χ1n) is 6.88. The van der Waals surface area contributed by atoms with E-state index in [0.29, 0.717) is 17.5 Å². The molecule has 1 unspecified atom stereocenters. The second kappa shape index (κ2) is 5.76.